The van der Waals surface area contributed by atoms with Crippen molar-refractivity contribution in [2.45, 2.75) is 58.4 Å². The number of aryl methyl sites for hydroxylation is 1. The van der Waals surface area contributed by atoms with Crippen molar-refractivity contribution in [1.82, 2.24) is 24.7 Å². The van der Waals surface area contributed by atoms with Crippen molar-refractivity contribution in [3.63, 3.8) is 0 Å². The normalized spacial score (nSPS) is 19.9. The first-order valence-corrected chi connectivity index (χ1v) is 8.42. The molecule has 0 radical (unpaired) electrons. The number of nitrogens with zero attached hydrogens (tertiary/aromatic N) is 5. The first kappa shape index (κ1) is 14.4. The molecule has 1 fully saturated rings. The number of hydrogen-bond acceptors (Lipinski definition) is 5. The average molecular weight is 307 g/mol. The number of carbonyl (C=O) groups is 1. The molecule has 1 atom stereocenters. The third-order valence-corrected chi connectivity index (χ3v) is 5.02. The second kappa shape index (κ2) is 5.71. The highest BCUT2D eigenvalue weighted by Crippen LogP contribution is 2.31. The molecule has 1 saturated heterocycles. The van der Waals surface area contributed by atoms with Crippen LogP contribution in [-0.2, 0) is 11.2 Å². The van der Waals surface area contributed by atoms with Crippen molar-refractivity contribution in [2.75, 3.05) is 6.54 Å². The Kier molecular flexibility index (Phi) is 3.93. The van der Waals surface area contributed by atoms with Crippen LogP contribution < -0.4 is 0 Å². The topological polar surface area (TPSA) is 63.4 Å². The average Bonchev–Trinajstić information content (AvgIpc) is 3.01. The molecule has 3 heterocycles. The molecule has 0 bridgehead atoms. The maximum atomic E-state index is 12.0. The Morgan fingerprint density at radius 3 is 2.90 bits per heavy atom. The molecule has 21 heavy (non-hydrogen) atoms. The molecule has 0 unspecified atom stereocenters. The van der Waals surface area contributed by atoms with Crippen LogP contribution in [0, 0.1) is 0 Å². The van der Waals surface area contributed by atoms with Crippen LogP contribution >= 0.6 is 11.3 Å². The van der Waals surface area contributed by atoms with E-state index in [-0.39, 0.29) is 11.9 Å². The molecule has 0 saturated carbocycles. The van der Waals surface area contributed by atoms with Crippen LogP contribution in [0.15, 0.2) is 0 Å². The van der Waals surface area contributed by atoms with Crippen molar-refractivity contribution >= 4 is 22.2 Å². The third-order valence-electron chi connectivity index (χ3n) is 3.96. The molecule has 3 rings (SSSR count). The number of aromatic nitrogens is 4. The van der Waals surface area contributed by atoms with Crippen LogP contribution in [-0.4, -0.2) is 43.2 Å². The van der Waals surface area contributed by atoms with Crippen molar-refractivity contribution in [3.8, 4) is 0 Å². The third kappa shape index (κ3) is 2.66. The summed E-state index contributed by atoms with van der Waals surface area (Å²) >= 11 is 1.61. The summed E-state index contributed by atoms with van der Waals surface area (Å²) in [6.07, 6.45) is 3.43. The number of amides is 1. The van der Waals surface area contributed by atoms with E-state index in [0.29, 0.717) is 12.3 Å². The molecule has 1 amide bonds. The Morgan fingerprint density at radius 1 is 1.38 bits per heavy atom. The van der Waals surface area contributed by atoms with Gasteiger partial charge in [-0.2, -0.15) is 9.61 Å². The predicted octanol–water partition coefficient (Wildman–Crippen LogP) is 2.25. The highest BCUT2D eigenvalue weighted by molar-refractivity contribution is 7.16. The van der Waals surface area contributed by atoms with Crippen molar-refractivity contribution < 1.29 is 4.79 Å². The van der Waals surface area contributed by atoms with E-state index in [9.17, 15) is 4.79 Å². The fourth-order valence-electron chi connectivity index (χ4n) is 2.79. The van der Waals surface area contributed by atoms with Crippen LogP contribution in [0.3, 0.4) is 0 Å². The zero-order chi connectivity index (χ0) is 15.0. The number of hydrogen-bond donors (Lipinski definition) is 0. The van der Waals surface area contributed by atoms with Crippen LogP contribution in [0.25, 0.3) is 4.96 Å². The zero-order valence-electron chi connectivity index (χ0n) is 12.7. The molecular formula is C14H21N5OS. The second-order valence-electron chi connectivity index (χ2n) is 5.88. The Hall–Kier alpha value is -1.50. The van der Waals surface area contributed by atoms with Gasteiger partial charge in [-0.3, -0.25) is 4.79 Å². The lowest BCUT2D eigenvalue weighted by Crippen LogP contribution is -2.43. The number of piperidine rings is 1. The SMILES string of the molecule is CCCc1nnc2sc([C@H]3CCC(=O)N(C(C)C)C3)nn12. The monoisotopic (exact) mass is 307 g/mol. The lowest BCUT2D eigenvalue weighted by molar-refractivity contribution is -0.135. The highest BCUT2D eigenvalue weighted by Gasteiger charge is 2.30. The Balaban J connectivity index is 1.85. The second-order valence-corrected chi connectivity index (χ2v) is 6.86. The fourth-order valence-corrected chi connectivity index (χ4v) is 3.77. The van der Waals surface area contributed by atoms with E-state index < -0.39 is 0 Å². The molecule has 6 nitrogen and oxygen atoms in total. The number of fused-ring (bicyclic) bond motifs is 1. The summed E-state index contributed by atoms with van der Waals surface area (Å²) in [7, 11) is 0. The van der Waals surface area contributed by atoms with Crippen LogP contribution in [0.2, 0.25) is 0 Å². The van der Waals surface area contributed by atoms with Gasteiger partial charge in [0.15, 0.2) is 5.82 Å². The number of carbonyl (C=O) groups excluding carboxylic acids is 1. The summed E-state index contributed by atoms with van der Waals surface area (Å²) in [6, 6.07) is 0.252. The van der Waals surface area contributed by atoms with Gasteiger partial charge in [-0.1, -0.05) is 18.3 Å². The summed E-state index contributed by atoms with van der Waals surface area (Å²) in [5, 5.41) is 14.2. The fraction of sp³-hybridized carbons (Fsp3) is 0.714. The van der Waals surface area contributed by atoms with Crippen molar-refractivity contribution in [1.29, 1.82) is 0 Å². The molecule has 2 aromatic rings. The van der Waals surface area contributed by atoms with E-state index in [1.54, 1.807) is 11.3 Å². The Labute approximate surface area is 128 Å². The van der Waals surface area contributed by atoms with E-state index in [2.05, 4.69) is 31.0 Å². The largest absolute Gasteiger partial charge is 0.340 e. The van der Waals surface area contributed by atoms with Gasteiger partial charge in [-0.25, -0.2) is 0 Å². The molecule has 1 aliphatic rings. The lowest BCUT2D eigenvalue weighted by atomic mass is 9.97. The Bertz CT molecular complexity index is 647. The van der Waals surface area contributed by atoms with Crippen molar-refractivity contribution in [2.24, 2.45) is 0 Å². The van der Waals surface area contributed by atoms with E-state index in [0.717, 1.165) is 41.6 Å². The first-order valence-electron chi connectivity index (χ1n) is 7.60. The first-order chi connectivity index (χ1) is 10.1. The van der Waals surface area contributed by atoms with E-state index in [4.69, 9.17) is 5.10 Å². The minimum Gasteiger partial charge on any atom is -0.340 e. The summed E-state index contributed by atoms with van der Waals surface area (Å²) in [4.78, 5) is 14.8. The maximum Gasteiger partial charge on any atom is 0.234 e. The standard InChI is InChI=1S/C14H21N5OS/c1-4-5-11-15-16-14-19(11)17-13(21-14)10-6-7-12(20)18(8-10)9(2)3/h9-10H,4-8H2,1-3H3/t10-/m0/s1. The molecule has 0 spiro atoms. The Morgan fingerprint density at radius 2 is 2.19 bits per heavy atom. The number of likely N-dealkylation sites (tertiary alicyclic amines) is 1. The van der Waals surface area contributed by atoms with Gasteiger partial charge in [0.05, 0.1) is 0 Å². The van der Waals surface area contributed by atoms with Gasteiger partial charge in [0, 0.05) is 31.3 Å². The molecular weight excluding hydrogens is 286 g/mol. The molecule has 2 aromatic heterocycles. The van der Waals surface area contributed by atoms with Gasteiger partial charge in [-0.15, -0.1) is 10.2 Å². The van der Waals surface area contributed by atoms with Crippen LogP contribution in [0.5, 0.6) is 0 Å². The lowest BCUT2D eigenvalue weighted by Gasteiger charge is -2.34. The minimum atomic E-state index is 0.252. The summed E-state index contributed by atoms with van der Waals surface area (Å²) in [6.45, 7) is 7.03. The summed E-state index contributed by atoms with van der Waals surface area (Å²) in [5.74, 6) is 1.52. The predicted molar refractivity (Wildman–Crippen MR) is 81.5 cm³/mol. The molecule has 7 heteroatoms. The molecule has 0 aromatic carbocycles. The van der Waals surface area contributed by atoms with Crippen LogP contribution in [0.1, 0.15) is 56.8 Å². The minimum absolute atomic E-state index is 0.252. The summed E-state index contributed by atoms with van der Waals surface area (Å²) in [5.41, 5.74) is 0. The molecule has 0 aliphatic carbocycles. The zero-order valence-corrected chi connectivity index (χ0v) is 13.6. The van der Waals surface area contributed by atoms with Gasteiger partial charge in [0.2, 0.25) is 10.9 Å². The van der Waals surface area contributed by atoms with Crippen molar-refractivity contribution in [3.05, 3.63) is 10.8 Å². The van der Waals surface area contributed by atoms with Gasteiger partial charge < -0.3 is 4.90 Å². The van der Waals surface area contributed by atoms with Gasteiger partial charge >= 0.3 is 0 Å². The van der Waals surface area contributed by atoms with Gasteiger partial charge in [0.1, 0.15) is 5.01 Å². The molecule has 1 aliphatic heterocycles. The number of rotatable bonds is 4. The van der Waals surface area contributed by atoms with E-state index in [1.807, 2.05) is 9.42 Å². The van der Waals surface area contributed by atoms with E-state index in [1.165, 1.54) is 0 Å². The van der Waals surface area contributed by atoms with Crippen LogP contribution in [0.4, 0.5) is 0 Å². The molecule has 0 N–H and O–H groups in total. The van der Waals surface area contributed by atoms with Gasteiger partial charge in [-0.05, 0) is 26.7 Å². The van der Waals surface area contributed by atoms with E-state index >= 15 is 0 Å². The molecule has 114 valence electrons. The van der Waals surface area contributed by atoms with Gasteiger partial charge in [0.25, 0.3) is 0 Å². The highest BCUT2D eigenvalue weighted by atomic mass is 32.1. The smallest absolute Gasteiger partial charge is 0.234 e. The maximum absolute atomic E-state index is 12.0. The quantitative estimate of drug-likeness (QED) is 0.869. The summed E-state index contributed by atoms with van der Waals surface area (Å²) < 4.78 is 1.87.